The highest BCUT2D eigenvalue weighted by atomic mass is 28.2. The minimum absolute atomic E-state index is 0.236. The number of fused-ring (bicyclic) bond motifs is 1. The van der Waals surface area contributed by atoms with E-state index in [0.717, 1.165) is 41.6 Å². The minimum Gasteiger partial charge on any atom is -0.312 e. The van der Waals surface area contributed by atoms with Gasteiger partial charge in [-0.15, -0.1) is 5.10 Å². The molecule has 4 heterocycles. The molecule has 7 nitrogen and oxygen atoms in total. The van der Waals surface area contributed by atoms with Crippen molar-refractivity contribution in [2.45, 2.75) is 38.9 Å². The average molecular weight is 418 g/mol. The maximum absolute atomic E-state index is 4.74. The van der Waals surface area contributed by atoms with Crippen LogP contribution < -0.4 is 10.5 Å². The van der Waals surface area contributed by atoms with Gasteiger partial charge >= 0.3 is 0 Å². The molecule has 0 bridgehead atoms. The van der Waals surface area contributed by atoms with Gasteiger partial charge in [-0.3, -0.25) is 4.98 Å². The van der Waals surface area contributed by atoms with Crippen LogP contribution in [0.1, 0.15) is 30.5 Å². The van der Waals surface area contributed by atoms with E-state index in [9.17, 15) is 0 Å². The van der Waals surface area contributed by atoms with Crippen molar-refractivity contribution in [2.24, 2.45) is 5.92 Å². The minimum atomic E-state index is -0.236. The Kier molecular flexibility index (Phi) is 5.42. The molecule has 8 heteroatoms. The molecule has 154 valence electrons. The van der Waals surface area contributed by atoms with E-state index < -0.39 is 0 Å². The van der Waals surface area contributed by atoms with Crippen molar-refractivity contribution in [2.75, 3.05) is 6.54 Å². The van der Waals surface area contributed by atoms with E-state index in [4.69, 9.17) is 4.98 Å². The Morgan fingerprint density at radius 1 is 1.17 bits per heavy atom. The summed E-state index contributed by atoms with van der Waals surface area (Å²) in [5.74, 6) is 0.878. The largest absolute Gasteiger partial charge is 0.312 e. The molecule has 1 N–H and O–H groups in total. The fourth-order valence-electron chi connectivity index (χ4n) is 3.88. The van der Waals surface area contributed by atoms with Gasteiger partial charge < -0.3 is 9.72 Å². The quantitative estimate of drug-likeness (QED) is 0.442. The van der Waals surface area contributed by atoms with E-state index in [1.807, 2.05) is 23.3 Å². The molecular formula is C22H27N7Si. The van der Waals surface area contributed by atoms with Crippen LogP contribution >= 0.6 is 0 Å². The summed E-state index contributed by atoms with van der Waals surface area (Å²) >= 11 is 0. The first kappa shape index (κ1) is 19.1. The number of aromatic nitrogens is 6. The summed E-state index contributed by atoms with van der Waals surface area (Å²) in [5.41, 5.74) is 5.09. The highest BCUT2D eigenvalue weighted by molar-refractivity contribution is 6.51. The zero-order valence-electron chi connectivity index (χ0n) is 17.3. The number of pyridine rings is 2. The monoisotopic (exact) mass is 417 g/mol. The van der Waals surface area contributed by atoms with Crippen LogP contribution in [0.4, 0.5) is 0 Å². The van der Waals surface area contributed by atoms with Gasteiger partial charge in [-0.1, -0.05) is 30.3 Å². The van der Waals surface area contributed by atoms with Crippen LogP contribution in [0.5, 0.6) is 0 Å². The molecule has 1 aliphatic carbocycles. The van der Waals surface area contributed by atoms with Crippen LogP contribution in [0.15, 0.2) is 49.2 Å². The second-order valence-corrected chi connectivity index (χ2v) is 9.72. The molecular weight excluding hydrogens is 390 g/mol. The van der Waals surface area contributed by atoms with E-state index in [0.29, 0.717) is 6.54 Å². The summed E-state index contributed by atoms with van der Waals surface area (Å²) in [6.45, 7) is 4.89. The van der Waals surface area contributed by atoms with Gasteiger partial charge in [0.2, 0.25) is 0 Å². The second-order valence-electron chi connectivity index (χ2n) is 8.20. The molecule has 5 rings (SSSR count). The number of nitrogens with zero attached hydrogens (tertiary/aromatic N) is 6. The molecule has 0 aromatic carbocycles. The fraction of sp³-hybridized carbons (Fsp3) is 0.364. The molecule has 1 saturated carbocycles. The smallest absolute Gasteiger partial charge is 0.137 e. The Hall–Kier alpha value is -2.84. The van der Waals surface area contributed by atoms with E-state index >= 15 is 0 Å². The summed E-state index contributed by atoms with van der Waals surface area (Å²) in [7, 11) is -0.236. The second kappa shape index (κ2) is 8.49. The van der Waals surface area contributed by atoms with Crippen molar-refractivity contribution in [3.8, 4) is 11.3 Å². The Morgan fingerprint density at radius 3 is 2.93 bits per heavy atom. The molecule has 1 aliphatic rings. The first-order valence-corrected chi connectivity index (χ1v) is 12.9. The molecule has 0 radical (unpaired) electrons. The van der Waals surface area contributed by atoms with Crippen LogP contribution in [-0.2, 0) is 13.1 Å². The summed E-state index contributed by atoms with van der Waals surface area (Å²) in [6.07, 6.45) is 14.2. The predicted molar refractivity (Wildman–Crippen MR) is 121 cm³/mol. The summed E-state index contributed by atoms with van der Waals surface area (Å²) in [4.78, 5) is 9.07. The normalized spacial score (nSPS) is 14.7. The lowest BCUT2D eigenvalue weighted by Gasteiger charge is -2.25. The summed E-state index contributed by atoms with van der Waals surface area (Å²) < 4.78 is 3.95. The summed E-state index contributed by atoms with van der Waals surface area (Å²) in [5, 5.41) is 13.5. The third kappa shape index (κ3) is 4.19. The number of hydrogen-bond acceptors (Lipinski definition) is 5. The lowest BCUT2D eigenvalue weighted by Crippen LogP contribution is -2.26. The molecule has 0 amide bonds. The fourth-order valence-corrected chi connectivity index (χ4v) is 4.60. The molecule has 4 aromatic rings. The van der Waals surface area contributed by atoms with Crippen LogP contribution in [-0.4, -0.2) is 45.4 Å². The molecule has 1 fully saturated rings. The number of nitrogens with one attached hydrogen (secondary N) is 1. The van der Waals surface area contributed by atoms with Gasteiger partial charge in [-0.05, 0) is 42.1 Å². The highest BCUT2D eigenvalue weighted by Gasteiger charge is 2.16. The van der Waals surface area contributed by atoms with E-state index in [-0.39, 0.29) is 9.52 Å². The Bertz CT molecular complexity index is 1150. The van der Waals surface area contributed by atoms with Gasteiger partial charge in [0.15, 0.2) is 0 Å². The van der Waals surface area contributed by atoms with Gasteiger partial charge in [0, 0.05) is 36.9 Å². The highest BCUT2D eigenvalue weighted by Crippen LogP contribution is 2.25. The first-order valence-electron chi connectivity index (χ1n) is 10.8. The SMILES string of the molecule is C[SiH2]c1cncc(-c2cn(Cc3cn4cc(CNCC5CCC5)ccc4n3)nn2)c1. The molecule has 0 unspecified atom stereocenters. The number of imidazole rings is 1. The molecule has 30 heavy (non-hydrogen) atoms. The van der Waals surface area contributed by atoms with Crippen molar-refractivity contribution in [3.05, 3.63) is 60.4 Å². The maximum atomic E-state index is 4.74. The van der Waals surface area contributed by atoms with Gasteiger partial charge in [0.1, 0.15) is 11.3 Å². The molecule has 0 spiro atoms. The molecule has 0 atom stereocenters. The topological polar surface area (TPSA) is 72.9 Å². The van der Waals surface area contributed by atoms with Crippen molar-refractivity contribution < 1.29 is 0 Å². The predicted octanol–water partition coefficient (Wildman–Crippen LogP) is 1.77. The van der Waals surface area contributed by atoms with Crippen LogP contribution in [0.2, 0.25) is 6.55 Å². The number of hydrogen-bond donors (Lipinski definition) is 1. The maximum Gasteiger partial charge on any atom is 0.137 e. The lowest BCUT2D eigenvalue weighted by molar-refractivity contribution is 0.301. The standard InChI is InChI=1S/C22H27N7Si/c1-30-20-7-18(10-24-11-20)21-15-29(27-26-21)14-19-13-28-12-17(5-6-22(28)25-19)9-23-8-16-3-2-4-16/h5-7,10-13,15-16,23H,2-4,8-9,14,30H2,1H3. The van der Waals surface area contributed by atoms with Gasteiger partial charge in [-0.25, -0.2) is 9.67 Å². The lowest BCUT2D eigenvalue weighted by atomic mass is 9.85. The van der Waals surface area contributed by atoms with Crippen molar-refractivity contribution in [3.63, 3.8) is 0 Å². The van der Waals surface area contributed by atoms with Crippen molar-refractivity contribution in [1.82, 2.24) is 34.7 Å². The third-order valence-electron chi connectivity index (χ3n) is 5.91. The van der Waals surface area contributed by atoms with Crippen LogP contribution in [0, 0.1) is 5.92 Å². The molecule has 0 aliphatic heterocycles. The van der Waals surface area contributed by atoms with Gasteiger partial charge in [-0.2, -0.15) is 0 Å². The molecule has 0 saturated heterocycles. The van der Waals surface area contributed by atoms with Gasteiger partial charge in [0.05, 0.1) is 28.0 Å². The van der Waals surface area contributed by atoms with Crippen molar-refractivity contribution in [1.29, 1.82) is 0 Å². The zero-order valence-corrected chi connectivity index (χ0v) is 18.7. The van der Waals surface area contributed by atoms with Crippen LogP contribution in [0.25, 0.3) is 16.9 Å². The Labute approximate surface area is 178 Å². The zero-order chi connectivity index (χ0) is 20.3. The Balaban J connectivity index is 1.26. The first-order chi connectivity index (χ1) is 14.8. The van der Waals surface area contributed by atoms with E-state index in [1.165, 1.54) is 30.0 Å². The Morgan fingerprint density at radius 2 is 2.10 bits per heavy atom. The van der Waals surface area contributed by atoms with Crippen LogP contribution in [0.3, 0.4) is 0 Å². The van der Waals surface area contributed by atoms with E-state index in [1.54, 1.807) is 0 Å². The average Bonchev–Trinajstić information content (AvgIpc) is 3.36. The molecule has 4 aromatic heterocycles. The van der Waals surface area contributed by atoms with Gasteiger partial charge in [0.25, 0.3) is 0 Å². The summed E-state index contributed by atoms with van der Waals surface area (Å²) in [6, 6.07) is 6.42. The number of rotatable bonds is 8. The third-order valence-corrected chi connectivity index (χ3v) is 7.11. The van der Waals surface area contributed by atoms with Crippen molar-refractivity contribution >= 4 is 20.4 Å². The van der Waals surface area contributed by atoms with E-state index in [2.05, 4.69) is 62.2 Å².